The van der Waals surface area contributed by atoms with Crippen molar-refractivity contribution >= 4 is 23.4 Å². The van der Waals surface area contributed by atoms with Gasteiger partial charge in [0.15, 0.2) is 0 Å². The molecule has 0 saturated heterocycles. The summed E-state index contributed by atoms with van der Waals surface area (Å²) in [5.41, 5.74) is 4.06. The molecule has 0 aliphatic heterocycles. The molecular formula is C35H37ClN2O2. The third kappa shape index (κ3) is 8.30. The van der Waals surface area contributed by atoms with E-state index in [2.05, 4.69) is 43.4 Å². The van der Waals surface area contributed by atoms with Crippen LogP contribution in [0.1, 0.15) is 48.4 Å². The number of rotatable bonds is 12. The Labute approximate surface area is 243 Å². The first-order valence-corrected chi connectivity index (χ1v) is 14.2. The van der Waals surface area contributed by atoms with Crippen molar-refractivity contribution in [2.45, 2.75) is 45.2 Å². The van der Waals surface area contributed by atoms with Crippen molar-refractivity contribution in [2.75, 3.05) is 6.54 Å². The third-order valence-corrected chi connectivity index (χ3v) is 7.26. The molecule has 0 aromatic heterocycles. The number of carbonyl (C=O) groups excluding carboxylic acids is 2. The fraction of sp³-hybridized carbons (Fsp3) is 0.257. The van der Waals surface area contributed by atoms with Crippen LogP contribution in [0.15, 0.2) is 115 Å². The fourth-order valence-corrected chi connectivity index (χ4v) is 4.98. The molecule has 4 aromatic rings. The van der Waals surface area contributed by atoms with Crippen LogP contribution in [0.25, 0.3) is 0 Å². The Bertz CT molecular complexity index is 1300. The Morgan fingerprint density at radius 2 is 1.25 bits per heavy atom. The molecule has 1 atom stereocenters. The molecule has 0 radical (unpaired) electrons. The first-order valence-electron chi connectivity index (χ1n) is 13.9. The quantitative estimate of drug-likeness (QED) is 0.201. The maximum absolute atomic E-state index is 14.4. The molecule has 0 spiro atoms. The Morgan fingerprint density at radius 1 is 0.725 bits per heavy atom. The molecule has 0 bridgehead atoms. The SMILES string of the molecule is CC(C)CNC(=O)[C@H](Cc1ccccc1)N(Cc1ccc(Cl)cc1)C(=O)CC(c1ccccc1)c1ccccc1. The Kier molecular flexibility index (Phi) is 10.5. The third-order valence-electron chi connectivity index (χ3n) is 7.00. The summed E-state index contributed by atoms with van der Waals surface area (Å²) in [4.78, 5) is 29.9. The van der Waals surface area contributed by atoms with E-state index in [1.807, 2.05) is 91.0 Å². The van der Waals surface area contributed by atoms with Crippen LogP contribution in [0.3, 0.4) is 0 Å². The Morgan fingerprint density at radius 3 is 1.77 bits per heavy atom. The van der Waals surface area contributed by atoms with Crippen LogP contribution in [-0.2, 0) is 22.6 Å². The highest BCUT2D eigenvalue weighted by Crippen LogP contribution is 2.30. The van der Waals surface area contributed by atoms with Gasteiger partial charge >= 0.3 is 0 Å². The predicted octanol–water partition coefficient (Wildman–Crippen LogP) is 7.27. The lowest BCUT2D eigenvalue weighted by atomic mass is 9.87. The zero-order chi connectivity index (χ0) is 28.3. The maximum atomic E-state index is 14.4. The van der Waals surface area contributed by atoms with Gasteiger partial charge in [0.25, 0.3) is 0 Å². The van der Waals surface area contributed by atoms with Crippen molar-refractivity contribution in [3.8, 4) is 0 Å². The number of hydrogen-bond acceptors (Lipinski definition) is 2. The predicted molar refractivity (Wildman–Crippen MR) is 163 cm³/mol. The lowest BCUT2D eigenvalue weighted by Gasteiger charge is -2.33. The van der Waals surface area contributed by atoms with Gasteiger partial charge in [0.1, 0.15) is 6.04 Å². The van der Waals surface area contributed by atoms with E-state index in [0.29, 0.717) is 30.5 Å². The van der Waals surface area contributed by atoms with Gasteiger partial charge in [-0.2, -0.15) is 0 Å². The monoisotopic (exact) mass is 552 g/mol. The lowest BCUT2D eigenvalue weighted by molar-refractivity contribution is -0.141. The lowest BCUT2D eigenvalue weighted by Crippen LogP contribution is -2.51. The van der Waals surface area contributed by atoms with Crippen molar-refractivity contribution in [3.63, 3.8) is 0 Å². The summed E-state index contributed by atoms with van der Waals surface area (Å²) >= 11 is 6.16. The average molecular weight is 553 g/mol. The van der Waals surface area contributed by atoms with E-state index in [1.165, 1.54) is 0 Å². The molecular weight excluding hydrogens is 516 g/mol. The standard InChI is InChI=1S/C35H37ClN2O2/c1-26(2)24-37-35(40)33(22-27-12-6-3-7-13-27)38(25-28-18-20-31(36)21-19-28)34(39)23-32(29-14-8-4-9-15-29)30-16-10-5-11-17-30/h3-21,26,32-33H,22-25H2,1-2H3,(H,37,40)/t33-/m0/s1. The number of nitrogens with zero attached hydrogens (tertiary/aromatic N) is 1. The fourth-order valence-electron chi connectivity index (χ4n) is 4.85. The van der Waals surface area contributed by atoms with Crippen LogP contribution in [0.5, 0.6) is 0 Å². The van der Waals surface area contributed by atoms with Gasteiger partial charge in [-0.05, 0) is 40.3 Å². The molecule has 0 aliphatic rings. The molecule has 2 amide bonds. The van der Waals surface area contributed by atoms with Gasteiger partial charge in [-0.3, -0.25) is 9.59 Å². The van der Waals surface area contributed by atoms with E-state index in [-0.39, 0.29) is 24.2 Å². The second kappa shape index (κ2) is 14.5. The van der Waals surface area contributed by atoms with Crippen LogP contribution >= 0.6 is 11.6 Å². The van der Waals surface area contributed by atoms with E-state index >= 15 is 0 Å². The zero-order valence-corrected chi connectivity index (χ0v) is 23.9. The summed E-state index contributed by atoms with van der Waals surface area (Å²) in [6.45, 7) is 4.98. The molecule has 206 valence electrons. The smallest absolute Gasteiger partial charge is 0.243 e. The van der Waals surface area contributed by atoms with Gasteiger partial charge in [-0.25, -0.2) is 0 Å². The highest BCUT2D eigenvalue weighted by atomic mass is 35.5. The second-order valence-corrected chi connectivity index (χ2v) is 11.0. The number of carbonyl (C=O) groups is 2. The van der Waals surface area contributed by atoms with Gasteiger partial charge in [0.2, 0.25) is 11.8 Å². The molecule has 4 nitrogen and oxygen atoms in total. The molecule has 0 heterocycles. The molecule has 0 unspecified atom stereocenters. The van der Waals surface area contributed by atoms with Crippen LogP contribution in [0, 0.1) is 5.92 Å². The molecule has 4 aromatic carbocycles. The van der Waals surface area contributed by atoms with Crippen molar-refractivity contribution in [2.24, 2.45) is 5.92 Å². The number of halogens is 1. The van der Waals surface area contributed by atoms with Crippen molar-refractivity contribution in [3.05, 3.63) is 143 Å². The molecule has 5 heteroatoms. The Balaban J connectivity index is 1.72. The zero-order valence-electron chi connectivity index (χ0n) is 23.2. The first-order chi connectivity index (χ1) is 19.4. The van der Waals surface area contributed by atoms with Crippen molar-refractivity contribution in [1.29, 1.82) is 0 Å². The van der Waals surface area contributed by atoms with Crippen LogP contribution in [0.2, 0.25) is 5.02 Å². The molecule has 0 fully saturated rings. The minimum atomic E-state index is -0.670. The number of hydrogen-bond donors (Lipinski definition) is 1. The topological polar surface area (TPSA) is 49.4 Å². The number of nitrogens with one attached hydrogen (secondary N) is 1. The molecule has 0 saturated carbocycles. The average Bonchev–Trinajstić information content (AvgIpc) is 2.98. The normalized spacial score (nSPS) is 11.8. The van der Waals surface area contributed by atoms with Gasteiger partial charge in [-0.1, -0.05) is 129 Å². The van der Waals surface area contributed by atoms with E-state index < -0.39 is 6.04 Å². The summed E-state index contributed by atoms with van der Waals surface area (Å²) < 4.78 is 0. The van der Waals surface area contributed by atoms with Crippen molar-refractivity contribution in [1.82, 2.24) is 10.2 Å². The molecule has 1 N–H and O–H groups in total. The van der Waals surface area contributed by atoms with E-state index in [9.17, 15) is 9.59 Å². The van der Waals surface area contributed by atoms with Crippen molar-refractivity contribution < 1.29 is 9.59 Å². The maximum Gasteiger partial charge on any atom is 0.243 e. The van der Waals surface area contributed by atoms with Crippen LogP contribution < -0.4 is 5.32 Å². The van der Waals surface area contributed by atoms with Gasteiger partial charge in [0.05, 0.1) is 0 Å². The number of amides is 2. The Hall–Kier alpha value is -3.89. The summed E-state index contributed by atoms with van der Waals surface area (Å²) in [5.74, 6) is -0.0647. The first kappa shape index (κ1) is 29.1. The van der Waals surface area contributed by atoms with E-state index in [1.54, 1.807) is 4.90 Å². The molecule has 0 aliphatic carbocycles. The minimum Gasteiger partial charge on any atom is -0.354 e. The van der Waals surface area contributed by atoms with Crippen LogP contribution in [-0.4, -0.2) is 29.3 Å². The minimum absolute atomic E-state index is 0.0757. The van der Waals surface area contributed by atoms with E-state index in [0.717, 1.165) is 22.3 Å². The summed E-state index contributed by atoms with van der Waals surface area (Å²) in [7, 11) is 0. The molecule has 40 heavy (non-hydrogen) atoms. The van der Waals surface area contributed by atoms with Crippen LogP contribution in [0.4, 0.5) is 0 Å². The van der Waals surface area contributed by atoms with Gasteiger partial charge < -0.3 is 10.2 Å². The summed E-state index contributed by atoms with van der Waals surface area (Å²) in [6.07, 6.45) is 0.663. The molecule has 4 rings (SSSR count). The second-order valence-electron chi connectivity index (χ2n) is 10.6. The largest absolute Gasteiger partial charge is 0.354 e. The summed E-state index contributed by atoms with van der Waals surface area (Å²) in [6, 6.07) is 36.9. The van der Waals surface area contributed by atoms with E-state index in [4.69, 9.17) is 11.6 Å². The summed E-state index contributed by atoms with van der Waals surface area (Å²) in [5, 5.41) is 3.73. The van der Waals surface area contributed by atoms with Gasteiger partial charge in [0, 0.05) is 36.9 Å². The highest BCUT2D eigenvalue weighted by molar-refractivity contribution is 6.30. The highest BCUT2D eigenvalue weighted by Gasteiger charge is 2.32. The number of benzene rings is 4. The van der Waals surface area contributed by atoms with Gasteiger partial charge in [-0.15, -0.1) is 0 Å².